The van der Waals surface area contributed by atoms with E-state index in [9.17, 15) is 4.79 Å². The fourth-order valence-electron chi connectivity index (χ4n) is 2.36. The maximum atomic E-state index is 12.0. The molecule has 0 spiro atoms. The molecule has 0 bridgehead atoms. The summed E-state index contributed by atoms with van der Waals surface area (Å²) in [6.07, 6.45) is 4.91. The lowest BCUT2D eigenvalue weighted by Crippen LogP contribution is -2.10. The summed E-state index contributed by atoms with van der Waals surface area (Å²) in [5.41, 5.74) is 2.97. The Hall–Kier alpha value is -3.40. The van der Waals surface area contributed by atoms with E-state index < -0.39 is 0 Å². The molecular formula is C22H20N2O2. The summed E-state index contributed by atoms with van der Waals surface area (Å²) in [5, 5.41) is 2.77. The van der Waals surface area contributed by atoms with E-state index in [-0.39, 0.29) is 5.91 Å². The molecule has 1 heterocycles. The first-order valence-electron chi connectivity index (χ1n) is 8.38. The van der Waals surface area contributed by atoms with Crippen LogP contribution in [0.1, 0.15) is 16.7 Å². The number of hydrogen-bond donors (Lipinski definition) is 1. The standard InChI is InChI=1S/C22H20N2O2/c1-17-6-5-15-23-22(17)24-21(25)14-11-18-9-12-20(13-10-18)26-16-19-7-3-2-4-8-19/h2-15H,16H2,1H3,(H,23,24,25)/b14-11+. The topological polar surface area (TPSA) is 51.2 Å². The molecule has 0 atom stereocenters. The zero-order chi connectivity index (χ0) is 18.2. The molecule has 0 fully saturated rings. The second-order valence-electron chi connectivity index (χ2n) is 5.83. The van der Waals surface area contributed by atoms with Crippen LogP contribution in [0.15, 0.2) is 79.0 Å². The number of rotatable bonds is 6. The van der Waals surface area contributed by atoms with Gasteiger partial charge in [-0.1, -0.05) is 48.5 Å². The summed E-state index contributed by atoms with van der Waals surface area (Å²) in [4.78, 5) is 16.1. The Labute approximate surface area is 153 Å². The van der Waals surface area contributed by atoms with Gasteiger partial charge in [0.15, 0.2) is 0 Å². The minimum absolute atomic E-state index is 0.212. The number of nitrogens with one attached hydrogen (secondary N) is 1. The van der Waals surface area contributed by atoms with Gasteiger partial charge in [0, 0.05) is 12.3 Å². The number of aryl methyl sites for hydroxylation is 1. The number of carbonyl (C=O) groups is 1. The van der Waals surface area contributed by atoms with Crippen molar-refractivity contribution in [2.75, 3.05) is 5.32 Å². The molecule has 4 heteroatoms. The van der Waals surface area contributed by atoms with Gasteiger partial charge in [-0.25, -0.2) is 4.98 Å². The Kier molecular flexibility index (Phi) is 5.78. The predicted octanol–water partition coefficient (Wildman–Crippen LogP) is 4.62. The fourth-order valence-corrected chi connectivity index (χ4v) is 2.36. The first-order chi connectivity index (χ1) is 12.7. The molecule has 2 aromatic carbocycles. The Bertz CT molecular complexity index is 888. The quantitative estimate of drug-likeness (QED) is 0.664. The second-order valence-corrected chi connectivity index (χ2v) is 5.83. The van der Waals surface area contributed by atoms with Crippen LogP contribution in [-0.4, -0.2) is 10.9 Å². The number of nitrogens with zero attached hydrogens (tertiary/aromatic N) is 1. The lowest BCUT2D eigenvalue weighted by Gasteiger charge is -2.06. The Morgan fingerprint density at radius 3 is 2.54 bits per heavy atom. The van der Waals surface area contributed by atoms with Crippen LogP contribution >= 0.6 is 0 Å². The third kappa shape index (κ3) is 5.05. The van der Waals surface area contributed by atoms with Crippen LogP contribution in [-0.2, 0) is 11.4 Å². The number of amides is 1. The average Bonchev–Trinajstić information content (AvgIpc) is 2.68. The molecule has 0 aliphatic heterocycles. The normalized spacial score (nSPS) is 10.7. The zero-order valence-corrected chi connectivity index (χ0v) is 14.6. The smallest absolute Gasteiger partial charge is 0.249 e. The molecule has 1 aromatic heterocycles. The van der Waals surface area contributed by atoms with Gasteiger partial charge < -0.3 is 10.1 Å². The van der Waals surface area contributed by atoms with Crippen molar-refractivity contribution in [1.29, 1.82) is 0 Å². The fraction of sp³-hybridized carbons (Fsp3) is 0.0909. The lowest BCUT2D eigenvalue weighted by molar-refractivity contribution is -0.111. The van der Waals surface area contributed by atoms with E-state index in [2.05, 4.69) is 10.3 Å². The molecule has 3 aromatic rings. The van der Waals surface area contributed by atoms with Crippen LogP contribution < -0.4 is 10.1 Å². The first kappa shape index (κ1) is 17.4. The summed E-state index contributed by atoms with van der Waals surface area (Å²) in [6.45, 7) is 2.43. The van der Waals surface area contributed by atoms with Crippen molar-refractivity contribution in [1.82, 2.24) is 4.98 Å². The maximum Gasteiger partial charge on any atom is 0.249 e. The van der Waals surface area contributed by atoms with Gasteiger partial charge >= 0.3 is 0 Å². The van der Waals surface area contributed by atoms with E-state index in [4.69, 9.17) is 4.74 Å². The highest BCUT2D eigenvalue weighted by Gasteiger charge is 2.02. The summed E-state index contributed by atoms with van der Waals surface area (Å²) < 4.78 is 5.75. The minimum Gasteiger partial charge on any atom is -0.489 e. The number of ether oxygens (including phenoxy) is 1. The van der Waals surface area contributed by atoms with E-state index in [0.29, 0.717) is 12.4 Å². The summed E-state index contributed by atoms with van der Waals surface area (Å²) in [6, 6.07) is 21.4. The molecule has 0 aliphatic rings. The molecule has 1 amide bonds. The van der Waals surface area contributed by atoms with Crippen molar-refractivity contribution in [2.24, 2.45) is 0 Å². The van der Waals surface area contributed by atoms with E-state index in [1.54, 1.807) is 12.3 Å². The van der Waals surface area contributed by atoms with Gasteiger partial charge in [0.2, 0.25) is 5.91 Å². The van der Waals surface area contributed by atoms with Crippen molar-refractivity contribution in [3.05, 3.63) is 95.7 Å². The Balaban J connectivity index is 1.54. The molecule has 0 radical (unpaired) electrons. The SMILES string of the molecule is Cc1cccnc1NC(=O)/C=C/c1ccc(OCc2ccccc2)cc1. The molecule has 1 N–H and O–H groups in total. The van der Waals surface area contributed by atoms with Gasteiger partial charge in [-0.15, -0.1) is 0 Å². The van der Waals surface area contributed by atoms with Crippen molar-refractivity contribution in [3.63, 3.8) is 0 Å². The van der Waals surface area contributed by atoms with Crippen LogP contribution in [0.4, 0.5) is 5.82 Å². The third-order valence-electron chi connectivity index (χ3n) is 3.81. The molecule has 4 nitrogen and oxygen atoms in total. The number of benzene rings is 2. The number of hydrogen-bond acceptors (Lipinski definition) is 3. The number of carbonyl (C=O) groups excluding carboxylic acids is 1. The van der Waals surface area contributed by atoms with Crippen LogP contribution in [0.2, 0.25) is 0 Å². The first-order valence-corrected chi connectivity index (χ1v) is 8.38. The highest BCUT2D eigenvalue weighted by Crippen LogP contribution is 2.15. The van der Waals surface area contributed by atoms with Gasteiger partial charge in [-0.2, -0.15) is 0 Å². The molecule has 0 unspecified atom stereocenters. The van der Waals surface area contributed by atoms with Crippen molar-refractivity contribution in [2.45, 2.75) is 13.5 Å². The Morgan fingerprint density at radius 2 is 1.81 bits per heavy atom. The van der Waals surface area contributed by atoms with Crippen molar-refractivity contribution >= 4 is 17.8 Å². The molecule has 26 heavy (non-hydrogen) atoms. The summed E-state index contributed by atoms with van der Waals surface area (Å²) >= 11 is 0. The van der Waals surface area contributed by atoms with E-state index in [1.165, 1.54) is 6.08 Å². The zero-order valence-electron chi connectivity index (χ0n) is 14.6. The van der Waals surface area contributed by atoms with E-state index in [0.717, 1.165) is 22.4 Å². The molecule has 0 aliphatic carbocycles. The third-order valence-corrected chi connectivity index (χ3v) is 3.81. The van der Waals surface area contributed by atoms with Gasteiger partial charge in [0.1, 0.15) is 18.2 Å². The molecule has 0 saturated carbocycles. The van der Waals surface area contributed by atoms with Gasteiger partial charge in [0.05, 0.1) is 0 Å². The summed E-state index contributed by atoms with van der Waals surface area (Å²) in [5.74, 6) is 1.16. The Morgan fingerprint density at radius 1 is 1.04 bits per heavy atom. The summed E-state index contributed by atoms with van der Waals surface area (Å²) in [7, 11) is 0. The van der Waals surface area contributed by atoms with Crippen molar-refractivity contribution in [3.8, 4) is 5.75 Å². The maximum absolute atomic E-state index is 12.0. The lowest BCUT2D eigenvalue weighted by atomic mass is 10.2. The van der Waals surface area contributed by atoms with Crippen LogP contribution in [0, 0.1) is 6.92 Å². The number of aromatic nitrogens is 1. The largest absolute Gasteiger partial charge is 0.489 e. The highest BCUT2D eigenvalue weighted by atomic mass is 16.5. The van der Waals surface area contributed by atoms with Crippen LogP contribution in [0.3, 0.4) is 0 Å². The molecule has 0 saturated heterocycles. The minimum atomic E-state index is -0.212. The van der Waals surface area contributed by atoms with Crippen molar-refractivity contribution < 1.29 is 9.53 Å². The number of pyridine rings is 1. The van der Waals surface area contributed by atoms with Gasteiger partial charge in [-0.05, 0) is 47.9 Å². The van der Waals surface area contributed by atoms with Gasteiger partial charge in [-0.3, -0.25) is 4.79 Å². The number of anilines is 1. The molecule has 3 rings (SSSR count). The molecular weight excluding hydrogens is 324 g/mol. The van der Waals surface area contributed by atoms with Gasteiger partial charge in [0.25, 0.3) is 0 Å². The van der Waals surface area contributed by atoms with E-state index >= 15 is 0 Å². The average molecular weight is 344 g/mol. The van der Waals surface area contributed by atoms with Crippen LogP contribution in [0.5, 0.6) is 5.75 Å². The predicted molar refractivity (Wildman–Crippen MR) is 104 cm³/mol. The monoisotopic (exact) mass is 344 g/mol. The van der Waals surface area contributed by atoms with E-state index in [1.807, 2.05) is 73.7 Å². The molecule has 130 valence electrons. The van der Waals surface area contributed by atoms with Crippen LogP contribution in [0.25, 0.3) is 6.08 Å². The second kappa shape index (κ2) is 8.62. The highest BCUT2D eigenvalue weighted by molar-refractivity contribution is 6.01.